The number of amides is 1. The molecular weight excluding hydrogens is 326 g/mol. The lowest BCUT2D eigenvalue weighted by atomic mass is 10.0. The van der Waals surface area contributed by atoms with Crippen LogP contribution in [0.1, 0.15) is 35.2 Å². The van der Waals surface area contributed by atoms with Crippen LogP contribution in [-0.2, 0) is 16.0 Å². The molecule has 0 spiro atoms. The van der Waals surface area contributed by atoms with Gasteiger partial charge in [-0.1, -0.05) is 11.6 Å². The summed E-state index contributed by atoms with van der Waals surface area (Å²) in [7, 11) is 0. The van der Waals surface area contributed by atoms with Crippen LogP contribution in [0, 0.1) is 20.8 Å². The van der Waals surface area contributed by atoms with Gasteiger partial charge in [-0.15, -0.1) is 0 Å². The lowest BCUT2D eigenvalue weighted by Gasteiger charge is -2.27. The summed E-state index contributed by atoms with van der Waals surface area (Å²) in [5.41, 5.74) is 5.81. The summed E-state index contributed by atoms with van der Waals surface area (Å²) in [5, 5.41) is 4.42. The monoisotopic (exact) mass is 355 g/mol. The SMILES string of the molecule is Cc1cc(C)c2[nH]c(C)c(CC(=O)N[C@H]3COC[C@@H]3N3CCCC3)c2c1. The van der Waals surface area contributed by atoms with E-state index in [0.29, 0.717) is 19.1 Å². The van der Waals surface area contributed by atoms with Gasteiger partial charge < -0.3 is 15.0 Å². The lowest BCUT2D eigenvalue weighted by molar-refractivity contribution is -0.121. The molecule has 2 aromatic rings. The lowest BCUT2D eigenvalue weighted by Crippen LogP contribution is -2.50. The number of aryl methyl sites for hydroxylation is 3. The van der Waals surface area contributed by atoms with Crippen LogP contribution in [-0.4, -0.2) is 54.2 Å². The number of carbonyl (C=O) groups is 1. The molecule has 5 nitrogen and oxygen atoms in total. The third-order valence-electron chi connectivity index (χ3n) is 5.91. The molecule has 0 aliphatic carbocycles. The summed E-state index contributed by atoms with van der Waals surface area (Å²) in [4.78, 5) is 18.7. The van der Waals surface area contributed by atoms with Crippen molar-refractivity contribution < 1.29 is 9.53 Å². The number of benzene rings is 1. The molecule has 0 radical (unpaired) electrons. The van der Waals surface area contributed by atoms with E-state index in [1.165, 1.54) is 29.4 Å². The molecule has 1 aromatic heterocycles. The van der Waals surface area contributed by atoms with Gasteiger partial charge >= 0.3 is 0 Å². The highest BCUT2D eigenvalue weighted by Gasteiger charge is 2.35. The molecule has 3 heterocycles. The van der Waals surface area contributed by atoms with Gasteiger partial charge in [0.15, 0.2) is 0 Å². The summed E-state index contributed by atoms with van der Waals surface area (Å²) < 4.78 is 5.68. The summed E-state index contributed by atoms with van der Waals surface area (Å²) >= 11 is 0. The molecule has 1 amide bonds. The van der Waals surface area contributed by atoms with Gasteiger partial charge in [0.1, 0.15) is 0 Å². The first kappa shape index (κ1) is 17.6. The Hall–Kier alpha value is -1.85. The Bertz CT molecular complexity index is 820. The van der Waals surface area contributed by atoms with Crippen molar-refractivity contribution in [2.75, 3.05) is 26.3 Å². The van der Waals surface area contributed by atoms with Gasteiger partial charge in [-0.05, 0) is 63.9 Å². The number of nitrogens with one attached hydrogen (secondary N) is 2. The standard InChI is InChI=1S/C21H29N3O2/c1-13-8-14(2)21-17(9-13)16(15(3)22-21)10-20(25)23-18-11-26-12-19(18)24-6-4-5-7-24/h8-9,18-19,22H,4-7,10-12H2,1-3H3,(H,23,25)/t18-,19-/m0/s1. The first-order chi connectivity index (χ1) is 12.5. The second kappa shape index (κ2) is 7.05. The van der Waals surface area contributed by atoms with Crippen LogP contribution in [0.15, 0.2) is 12.1 Å². The second-order valence-corrected chi connectivity index (χ2v) is 7.93. The van der Waals surface area contributed by atoms with Crippen LogP contribution in [0.4, 0.5) is 0 Å². The minimum atomic E-state index is 0.0906. The zero-order valence-electron chi connectivity index (χ0n) is 16.0. The van der Waals surface area contributed by atoms with Crippen molar-refractivity contribution in [3.63, 3.8) is 0 Å². The Morgan fingerprint density at radius 2 is 2.00 bits per heavy atom. The van der Waals surface area contributed by atoms with Crippen LogP contribution < -0.4 is 5.32 Å². The van der Waals surface area contributed by atoms with Crippen LogP contribution in [0.25, 0.3) is 10.9 Å². The number of aromatic nitrogens is 1. The largest absolute Gasteiger partial charge is 0.378 e. The average Bonchev–Trinajstić information content (AvgIpc) is 3.30. The first-order valence-electron chi connectivity index (χ1n) is 9.72. The number of fused-ring (bicyclic) bond motifs is 1. The predicted octanol–water partition coefficient (Wildman–Crippen LogP) is 2.62. The average molecular weight is 355 g/mol. The molecule has 2 fully saturated rings. The molecule has 2 aliphatic heterocycles. The molecular formula is C21H29N3O2. The number of nitrogens with zero attached hydrogens (tertiary/aromatic N) is 1. The van der Waals surface area contributed by atoms with Gasteiger partial charge in [-0.2, -0.15) is 0 Å². The smallest absolute Gasteiger partial charge is 0.224 e. The Balaban J connectivity index is 1.50. The van der Waals surface area contributed by atoms with Gasteiger partial charge in [0.05, 0.1) is 31.7 Å². The van der Waals surface area contributed by atoms with Crippen LogP contribution in [0.2, 0.25) is 0 Å². The highest BCUT2D eigenvalue weighted by Crippen LogP contribution is 2.27. The minimum Gasteiger partial charge on any atom is -0.378 e. The van der Waals surface area contributed by atoms with Crippen molar-refractivity contribution in [2.45, 2.75) is 52.1 Å². The zero-order valence-corrected chi connectivity index (χ0v) is 16.0. The first-order valence-corrected chi connectivity index (χ1v) is 9.72. The van der Waals surface area contributed by atoms with Crippen molar-refractivity contribution in [3.05, 3.63) is 34.5 Å². The van der Waals surface area contributed by atoms with Gasteiger partial charge in [-0.3, -0.25) is 9.69 Å². The van der Waals surface area contributed by atoms with Crippen LogP contribution >= 0.6 is 0 Å². The number of hydrogen-bond acceptors (Lipinski definition) is 3. The van der Waals surface area contributed by atoms with Crippen molar-refractivity contribution in [2.24, 2.45) is 0 Å². The molecule has 0 saturated carbocycles. The Morgan fingerprint density at radius 3 is 2.77 bits per heavy atom. The molecule has 0 unspecified atom stereocenters. The van der Waals surface area contributed by atoms with Crippen molar-refractivity contribution >= 4 is 16.8 Å². The van der Waals surface area contributed by atoms with Gasteiger partial charge in [-0.25, -0.2) is 0 Å². The zero-order chi connectivity index (χ0) is 18.3. The third kappa shape index (κ3) is 3.26. The molecule has 0 bridgehead atoms. The van der Waals surface area contributed by atoms with E-state index in [-0.39, 0.29) is 11.9 Å². The van der Waals surface area contributed by atoms with E-state index >= 15 is 0 Å². The molecule has 140 valence electrons. The maximum atomic E-state index is 12.8. The predicted molar refractivity (Wildman–Crippen MR) is 104 cm³/mol. The summed E-state index contributed by atoms with van der Waals surface area (Å²) in [6.07, 6.45) is 2.92. The maximum Gasteiger partial charge on any atom is 0.224 e. The Labute approximate surface area is 155 Å². The molecule has 26 heavy (non-hydrogen) atoms. The fraction of sp³-hybridized carbons (Fsp3) is 0.571. The van der Waals surface area contributed by atoms with E-state index in [9.17, 15) is 4.79 Å². The van der Waals surface area contributed by atoms with Crippen molar-refractivity contribution in [1.82, 2.24) is 15.2 Å². The number of carbonyl (C=O) groups excluding carboxylic acids is 1. The van der Waals surface area contributed by atoms with Crippen molar-refractivity contribution in [3.8, 4) is 0 Å². The quantitative estimate of drug-likeness (QED) is 0.886. The minimum absolute atomic E-state index is 0.0906. The Morgan fingerprint density at radius 1 is 1.23 bits per heavy atom. The molecule has 5 heteroatoms. The van der Waals surface area contributed by atoms with E-state index in [0.717, 1.165) is 36.5 Å². The number of aromatic amines is 1. The third-order valence-corrected chi connectivity index (χ3v) is 5.91. The van der Waals surface area contributed by atoms with Crippen molar-refractivity contribution in [1.29, 1.82) is 0 Å². The molecule has 2 N–H and O–H groups in total. The topological polar surface area (TPSA) is 57.4 Å². The molecule has 1 aromatic carbocycles. The van der Waals surface area contributed by atoms with Gasteiger partial charge in [0.25, 0.3) is 0 Å². The number of H-pyrrole nitrogens is 1. The molecule has 2 atom stereocenters. The summed E-state index contributed by atoms with van der Waals surface area (Å²) in [6, 6.07) is 4.79. The number of likely N-dealkylation sites (tertiary alicyclic amines) is 1. The van der Waals surface area contributed by atoms with Crippen LogP contribution in [0.5, 0.6) is 0 Å². The van der Waals surface area contributed by atoms with Gasteiger partial charge in [0.2, 0.25) is 5.91 Å². The van der Waals surface area contributed by atoms with E-state index in [4.69, 9.17) is 4.74 Å². The van der Waals surface area contributed by atoms with E-state index in [1.54, 1.807) is 0 Å². The maximum absolute atomic E-state index is 12.8. The fourth-order valence-corrected chi connectivity index (χ4v) is 4.60. The molecule has 2 saturated heterocycles. The number of rotatable bonds is 4. The van der Waals surface area contributed by atoms with E-state index in [1.807, 2.05) is 0 Å². The molecule has 2 aliphatic rings. The molecule has 4 rings (SSSR count). The highest BCUT2D eigenvalue weighted by atomic mass is 16.5. The Kier molecular flexibility index (Phi) is 4.76. The normalized spacial score (nSPS) is 23.8. The van der Waals surface area contributed by atoms with Gasteiger partial charge in [0, 0.05) is 16.6 Å². The van der Waals surface area contributed by atoms with Crippen LogP contribution in [0.3, 0.4) is 0 Å². The number of ether oxygens (including phenoxy) is 1. The second-order valence-electron chi connectivity index (χ2n) is 7.93. The highest BCUT2D eigenvalue weighted by molar-refractivity contribution is 5.92. The summed E-state index contributed by atoms with van der Waals surface area (Å²) in [6.45, 7) is 9.89. The van der Waals surface area contributed by atoms with E-state index < -0.39 is 0 Å². The van der Waals surface area contributed by atoms with E-state index in [2.05, 4.69) is 48.1 Å². The fourth-order valence-electron chi connectivity index (χ4n) is 4.60. The summed E-state index contributed by atoms with van der Waals surface area (Å²) in [5.74, 6) is 0.0906. The number of hydrogen-bond donors (Lipinski definition) is 2.